The summed E-state index contributed by atoms with van der Waals surface area (Å²) in [6, 6.07) is 0. The van der Waals surface area contributed by atoms with Crippen LogP contribution in [0.2, 0.25) is 0 Å². The van der Waals surface area contributed by atoms with Crippen LogP contribution in [0.4, 0.5) is 0 Å². The summed E-state index contributed by atoms with van der Waals surface area (Å²) in [6.45, 7) is 4.35. The molecule has 0 amide bonds. The van der Waals surface area contributed by atoms with Gasteiger partial charge in [-0.1, -0.05) is 24.2 Å². The van der Waals surface area contributed by atoms with Gasteiger partial charge in [0.25, 0.3) is 0 Å². The number of rotatable bonds is 0. The quantitative estimate of drug-likeness (QED) is 0.556. The van der Waals surface area contributed by atoms with Gasteiger partial charge in [-0.3, -0.25) is 8.57 Å². The van der Waals surface area contributed by atoms with Crippen molar-refractivity contribution in [2.45, 2.75) is 20.3 Å². The minimum Gasteiger partial charge on any atom is -0.288 e. The molecular formula is C8H10N2O2S. The van der Waals surface area contributed by atoms with Crippen LogP contribution in [0.5, 0.6) is 0 Å². The summed E-state index contributed by atoms with van der Waals surface area (Å²) < 4.78 is 10.3. The summed E-state index contributed by atoms with van der Waals surface area (Å²) in [7, 11) is 0. The van der Waals surface area contributed by atoms with Gasteiger partial charge in [0, 0.05) is 11.8 Å². The SMILES string of the molecule is C[C@@H]1C[C@H](C)C2=NOS3=C2C1=NO3. The first-order valence-corrected chi connectivity index (χ1v) is 5.47. The van der Waals surface area contributed by atoms with Gasteiger partial charge in [0.1, 0.15) is 16.3 Å². The van der Waals surface area contributed by atoms with E-state index in [9.17, 15) is 0 Å². The topological polar surface area (TPSA) is 43.2 Å². The minimum absolute atomic E-state index is 0.475. The van der Waals surface area contributed by atoms with Crippen molar-refractivity contribution in [3.05, 3.63) is 0 Å². The number of hydrogen-bond acceptors (Lipinski definition) is 4. The van der Waals surface area contributed by atoms with E-state index < -0.39 is 11.0 Å². The standard InChI is InChI=1S/C8H10N2O2S/c1-4-3-5(2)7-8-6(4)9-11-13(8)12-10-7/h4-5H,3H2,1-2H3/t4-,5+,13?. The Morgan fingerprint density at radius 3 is 2.23 bits per heavy atom. The van der Waals surface area contributed by atoms with Crippen LogP contribution in [-0.4, -0.2) is 16.3 Å². The molecule has 3 rings (SSSR count). The lowest BCUT2D eigenvalue weighted by atomic mass is 9.80. The molecule has 1 unspecified atom stereocenters. The average Bonchev–Trinajstić information content (AvgIpc) is 2.60. The lowest BCUT2D eigenvalue weighted by Gasteiger charge is -2.23. The number of hydrogen-bond donors (Lipinski definition) is 0. The Bertz CT molecular complexity index is 340. The van der Waals surface area contributed by atoms with Crippen molar-refractivity contribution in [1.82, 2.24) is 0 Å². The molecule has 0 aromatic heterocycles. The van der Waals surface area contributed by atoms with Crippen molar-refractivity contribution < 1.29 is 8.57 Å². The van der Waals surface area contributed by atoms with E-state index in [1.54, 1.807) is 0 Å². The first kappa shape index (κ1) is 7.55. The molecule has 0 aromatic carbocycles. The molecule has 0 spiro atoms. The van der Waals surface area contributed by atoms with E-state index in [4.69, 9.17) is 8.57 Å². The van der Waals surface area contributed by atoms with Gasteiger partial charge < -0.3 is 0 Å². The lowest BCUT2D eigenvalue weighted by molar-refractivity contribution is 0.305. The monoisotopic (exact) mass is 198 g/mol. The zero-order chi connectivity index (χ0) is 9.00. The van der Waals surface area contributed by atoms with Gasteiger partial charge in [-0.25, -0.2) is 0 Å². The predicted molar refractivity (Wildman–Crippen MR) is 52.6 cm³/mol. The molecule has 5 heteroatoms. The van der Waals surface area contributed by atoms with Gasteiger partial charge in [0.05, 0.1) is 0 Å². The molecule has 0 aromatic rings. The molecule has 3 aliphatic rings. The molecule has 2 heterocycles. The highest BCUT2D eigenvalue weighted by Crippen LogP contribution is 2.39. The second-order valence-corrected chi connectivity index (χ2v) is 4.88. The molecule has 4 nitrogen and oxygen atoms in total. The average molecular weight is 198 g/mol. The summed E-state index contributed by atoms with van der Waals surface area (Å²) in [6.07, 6.45) is 1.09. The third kappa shape index (κ3) is 0.852. The van der Waals surface area contributed by atoms with Crippen molar-refractivity contribution in [3.63, 3.8) is 0 Å². The van der Waals surface area contributed by atoms with E-state index in [0.29, 0.717) is 11.8 Å². The van der Waals surface area contributed by atoms with Crippen LogP contribution < -0.4 is 0 Å². The maximum atomic E-state index is 5.15. The highest BCUT2D eigenvalue weighted by atomic mass is 32.2. The van der Waals surface area contributed by atoms with E-state index in [2.05, 4.69) is 24.2 Å². The Kier molecular flexibility index (Phi) is 1.36. The molecule has 0 N–H and O–H groups in total. The zero-order valence-corrected chi connectivity index (χ0v) is 8.30. The zero-order valence-electron chi connectivity index (χ0n) is 7.48. The summed E-state index contributed by atoms with van der Waals surface area (Å²) in [5.41, 5.74) is 2.11. The summed E-state index contributed by atoms with van der Waals surface area (Å²) >= 11 is -0.609. The fourth-order valence-electron chi connectivity index (χ4n) is 2.00. The Morgan fingerprint density at radius 1 is 1.15 bits per heavy atom. The van der Waals surface area contributed by atoms with E-state index in [1.165, 1.54) is 0 Å². The molecule has 0 bridgehead atoms. The van der Waals surface area contributed by atoms with E-state index >= 15 is 0 Å². The van der Waals surface area contributed by atoms with Crippen molar-refractivity contribution in [2.24, 2.45) is 22.1 Å². The second kappa shape index (κ2) is 2.35. The molecule has 3 atom stereocenters. The van der Waals surface area contributed by atoms with Crippen LogP contribution in [0.1, 0.15) is 20.3 Å². The fraction of sp³-hybridized carbons (Fsp3) is 0.625. The number of nitrogens with zero attached hydrogens (tertiary/aromatic N) is 2. The Morgan fingerprint density at radius 2 is 1.69 bits per heavy atom. The Labute approximate surface area is 78.9 Å². The highest BCUT2D eigenvalue weighted by molar-refractivity contribution is 8.10. The minimum atomic E-state index is -0.609. The third-order valence-corrected chi connectivity index (χ3v) is 3.85. The normalized spacial score (nSPS) is 40.5. The largest absolute Gasteiger partial charge is 0.288 e. The van der Waals surface area contributed by atoms with Crippen molar-refractivity contribution in [2.75, 3.05) is 0 Å². The maximum absolute atomic E-state index is 5.15. The summed E-state index contributed by atoms with van der Waals surface area (Å²) in [5, 5.41) is 8.08. The van der Waals surface area contributed by atoms with Gasteiger partial charge >= 0.3 is 0 Å². The maximum Gasteiger partial charge on any atom is 0.248 e. The van der Waals surface area contributed by atoms with Gasteiger partial charge in [-0.15, -0.1) is 0 Å². The molecular weight excluding hydrogens is 188 g/mol. The molecule has 0 radical (unpaired) electrons. The lowest BCUT2D eigenvalue weighted by Crippen LogP contribution is -2.37. The molecule has 2 aliphatic heterocycles. The molecule has 0 saturated heterocycles. The molecule has 13 heavy (non-hydrogen) atoms. The number of oxime groups is 2. The van der Waals surface area contributed by atoms with Crippen molar-refractivity contribution in [3.8, 4) is 0 Å². The van der Waals surface area contributed by atoms with Gasteiger partial charge in [0.2, 0.25) is 11.0 Å². The van der Waals surface area contributed by atoms with Crippen molar-refractivity contribution >= 4 is 27.3 Å². The van der Waals surface area contributed by atoms with Gasteiger partial charge in [0.15, 0.2) is 0 Å². The Hall–Kier alpha value is -0.840. The third-order valence-electron chi connectivity index (χ3n) is 2.68. The van der Waals surface area contributed by atoms with E-state index in [0.717, 1.165) is 22.7 Å². The molecule has 1 saturated carbocycles. The predicted octanol–water partition coefficient (Wildman–Crippen LogP) is 1.71. The molecule has 1 fully saturated rings. The van der Waals surface area contributed by atoms with Crippen LogP contribution in [0.3, 0.4) is 0 Å². The van der Waals surface area contributed by atoms with E-state index in [-0.39, 0.29) is 0 Å². The second-order valence-electron chi connectivity index (χ2n) is 3.70. The first-order chi connectivity index (χ1) is 6.27. The Balaban J connectivity index is 2.13. The van der Waals surface area contributed by atoms with Crippen LogP contribution in [0.15, 0.2) is 10.3 Å². The van der Waals surface area contributed by atoms with E-state index in [1.807, 2.05) is 0 Å². The fourth-order valence-corrected chi connectivity index (χ4v) is 3.29. The van der Waals surface area contributed by atoms with Crippen LogP contribution in [0, 0.1) is 11.8 Å². The molecule has 1 aliphatic carbocycles. The van der Waals surface area contributed by atoms with Crippen LogP contribution in [-0.2, 0) is 8.57 Å². The highest BCUT2D eigenvalue weighted by Gasteiger charge is 2.42. The van der Waals surface area contributed by atoms with Crippen LogP contribution >= 0.6 is 11.0 Å². The van der Waals surface area contributed by atoms with Gasteiger partial charge in [-0.2, -0.15) is 0 Å². The smallest absolute Gasteiger partial charge is 0.248 e. The first-order valence-electron chi connectivity index (χ1n) is 4.40. The molecule has 70 valence electrons. The van der Waals surface area contributed by atoms with Crippen LogP contribution in [0.25, 0.3) is 0 Å². The summed E-state index contributed by atoms with van der Waals surface area (Å²) in [4.78, 5) is 1.12. The van der Waals surface area contributed by atoms with Gasteiger partial charge in [-0.05, 0) is 6.42 Å². The van der Waals surface area contributed by atoms with Crippen molar-refractivity contribution in [1.29, 1.82) is 0 Å². The summed E-state index contributed by atoms with van der Waals surface area (Å²) in [5.74, 6) is 0.950.